The molecular weight excluding hydrogens is 238 g/mol. The second kappa shape index (κ2) is 6.18. The number of methoxy groups -OCH3 is 1. The van der Waals surface area contributed by atoms with E-state index >= 15 is 0 Å². The summed E-state index contributed by atoms with van der Waals surface area (Å²) in [6.45, 7) is 2.09. The number of hydrogen-bond donors (Lipinski definition) is 1. The van der Waals surface area contributed by atoms with E-state index in [4.69, 9.17) is 4.74 Å². The number of aromatic nitrogens is 2. The average molecular weight is 257 g/mol. The molecule has 0 fully saturated rings. The van der Waals surface area contributed by atoms with Gasteiger partial charge in [0.05, 0.1) is 7.11 Å². The number of benzene rings is 1. The molecule has 4 nitrogen and oxygen atoms in total. The molecule has 1 aromatic heterocycles. The molecule has 1 heterocycles. The highest BCUT2D eigenvalue weighted by atomic mass is 16.5. The maximum absolute atomic E-state index is 5.23. The first kappa shape index (κ1) is 13.3. The molecule has 100 valence electrons. The number of aryl methyl sites for hydroxylation is 1. The Kier molecular flexibility index (Phi) is 4.34. The largest absolute Gasteiger partial charge is 0.497 e. The van der Waals surface area contributed by atoms with Crippen LogP contribution in [0, 0.1) is 0 Å². The Morgan fingerprint density at radius 2 is 2.05 bits per heavy atom. The summed E-state index contributed by atoms with van der Waals surface area (Å²) in [5.74, 6) is 2.56. The Bertz CT molecular complexity index is 533. The van der Waals surface area contributed by atoms with Gasteiger partial charge in [-0.05, 0) is 24.1 Å². The van der Waals surface area contributed by atoms with Gasteiger partial charge in [-0.15, -0.1) is 0 Å². The zero-order chi connectivity index (χ0) is 13.7. The topological polar surface area (TPSA) is 47.0 Å². The Hall–Kier alpha value is -2.10. The fraction of sp³-hybridized carbons (Fsp3) is 0.333. The van der Waals surface area contributed by atoms with E-state index in [0.717, 1.165) is 35.1 Å². The van der Waals surface area contributed by atoms with Gasteiger partial charge >= 0.3 is 0 Å². The first-order valence-corrected chi connectivity index (χ1v) is 6.42. The zero-order valence-corrected chi connectivity index (χ0v) is 11.6. The molecule has 2 rings (SSSR count). The molecular formula is C15H19N3O. The normalized spacial score (nSPS) is 10.3. The second-order valence-electron chi connectivity index (χ2n) is 4.29. The minimum absolute atomic E-state index is 0.708. The zero-order valence-electron chi connectivity index (χ0n) is 11.6. The van der Waals surface area contributed by atoms with Crippen LogP contribution in [0.4, 0.5) is 5.82 Å². The van der Waals surface area contributed by atoms with E-state index in [0.29, 0.717) is 6.42 Å². The molecule has 0 atom stereocenters. The Morgan fingerprint density at radius 3 is 2.74 bits per heavy atom. The summed E-state index contributed by atoms with van der Waals surface area (Å²) in [7, 11) is 3.55. The molecule has 0 spiro atoms. The van der Waals surface area contributed by atoms with Crippen LogP contribution in [0.1, 0.15) is 24.0 Å². The van der Waals surface area contributed by atoms with Crippen molar-refractivity contribution < 1.29 is 4.74 Å². The molecule has 0 aliphatic heterocycles. The van der Waals surface area contributed by atoms with Crippen molar-refractivity contribution in [2.75, 3.05) is 19.5 Å². The molecule has 1 aromatic carbocycles. The van der Waals surface area contributed by atoms with Crippen molar-refractivity contribution in [3.05, 3.63) is 47.4 Å². The van der Waals surface area contributed by atoms with Crippen molar-refractivity contribution in [3.8, 4) is 5.75 Å². The van der Waals surface area contributed by atoms with Gasteiger partial charge in [-0.25, -0.2) is 9.97 Å². The molecule has 0 saturated carbocycles. The molecule has 0 aliphatic carbocycles. The average Bonchev–Trinajstić information content (AvgIpc) is 2.47. The highest BCUT2D eigenvalue weighted by molar-refractivity contribution is 5.37. The molecule has 0 unspecified atom stereocenters. The Morgan fingerprint density at radius 1 is 1.21 bits per heavy atom. The van der Waals surface area contributed by atoms with Crippen molar-refractivity contribution in [3.63, 3.8) is 0 Å². The molecule has 0 aliphatic rings. The van der Waals surface area contributed by atoms with Crippen LogP contribution in [0.2, 0.25) is 0 Å². The second-order valence-corrected chi connectivity index (χ2v) is 4.29. The van der Waals surface area contributed by atoms with Gasteiger partial charge in [0.1, 0.15) is 17.4 Å². The molecule has 0 amide bonds. The summed E-state index contributed by atoms with van der Waals surface area (Å²) in [6, 6.07) is 9.97. The Labute approximate surface area is 113 Å². The quantitative estimate of drug-likeness (QED) is 0.894. The van der Waals surface area contributed by atoms with Gasteiger partial charge in [0.25, 0.3) is 0 Å². The van der Waals surface area contributed by atoms with E-state index in [2.05, 4.69) is 28.3 Å². The predicted octanol–water partition coefficient (Wildman–Crippen LogP) is 2.68. The molecule has 2 aromatic rings. The molecule has 0 saturated heterocycles. The predicted molar refractivity (Wildman–Crippen MR) is 76.8 cm³/mol. The summed E-state index contributed by atoms with van der Waals surface area (Å²) in [5, 5.41) is 3.07. The van der Waals surface area contributed by atoms with Crippen molar-refractivity contribution in [1.82, 2.24) is 9.97 Å². The third kappa shape index (κ3) is 3.44. The molecule has 1 N–H and O–H groups in total. The van der Waals surface area contributed by atoms with Crippen LogP contribution in [0.5, 0.6) is 5.75 Å². The van der Waals surface area contributed by atoms with Crippen LogP contribution in [0.3, 0.4) is 0 Å². The minimum Gasteiger partial charge on any atom is -0.497 e. The third-order valence-corrected chi connectivity index (χ3v) is 2.94. The van der Waals surface area contributed by atoms with Crippen LogP contribution in [-0.2, 0) is 12.8 Å². The van der Waals surface area contributed by atoms with Crippen molar-refractivity contribution in [1.29, 1.82) is 0 Å². The van der Waals surface area contributed by atoms with Crippen LogP contribution in [0.15, 0.2) is 30.3 Å². The van der Waals surface area contributed by atoms with Crippen molar-refractivity contribution in [2.45, 2.75) is 19.8 Å². The van der Waals surface area contributed by atoms with Crippen LogP contribution in [-0.4, -0.2) is 24.1 Å². The van der Waals surface area contributed by atoms with Crippen LogP contribution >= 0.6 is 0 Å². The van der Waals surface area contributed by atoms with Gasteiger partial charge in [0, 0.05) is 25.2 Å². The highest BCUT2D eigenvalue weighted by Gasteiger charge is 2.05. The molecule has 4 heteroatoms. The number of nitrogens with one attached hydrogen (secondary N) is 1. The summed E-state index contributed by atoms with van der Waals surface area (Å²) in [5.41, 5.74) is 2.20. The first-order valence-electron chi connectivity index (χ1n) is 6.42. The fourth-order valence-electron chi connectivity index (χ4n) is 1.91. The molecule has 19 heavy (non-hydrogen) atoms. The monoisotopic (exact) mass is 257 g/mol. The summed E-state index contributed by atoms with van der Waals surface area (Å²) >= 11 is 0. The maximum Gasteiger partial charge on any atom is 0.135 e. The van der Waals surface area contributed by atoms with Gasteiger partial charge in [-0.2, -0.15) is 0 Å². The third-order valence-electron chi connectivity index (χ3n) is 2.94. The van der Waals surface area contributed by atoms with E-state index in [1.165, 1.54) is 0 Å². The summed E-state index contributed by atoms with van der Waals surface area (Å²) < 4.78 is 5.23. The first-order chi connectivity index (χ1) is 9.25. The van der Waals surface area contributed by atoms with E-state index in [9.17, 15) is 0 Å². The summed E-state index contributed by atoms with van der Waals surface area (Å²) in [6.07, 6.45) is 1.61. The highest BCUT2D eigenvalue weighted by Crippen LogP contribution is 2.16. The molecule has 0 radical (unpaired) electrons. The van der Waals surface area contributed by atoms with Crippen LogP contribution in [0.25, 0.3) is 0 Å². The van der Waals surface area contributed by atoms with Gasteiger partial charge in [-0.1, -0.05) is 19.1 Å². The smallest absolute Gasteiger partial charge is 0.135 e. The lowest BCUT2D eigenvalue weighted by molar-refractivity contribution is 0.414. The fourth-order valence-corrected chi connectivity index (χ4v) is 1.91. The van der Waals surface area contributed by atoms with E-state index in [-0.39, 0.29) is 0 Å². The van der Waals surface area contributed by atoms with Gasteiger partial charge in [0.15, 0.2) is 0 Å². The number of nitrogens with zero attached hydrogens (tertiary/aromatic N) is 2. The lowest BCUT2D eigenvalue weighted by atomic mass is 10.1. The van der Waals surface area contributed by atoms with E-state index in [1.54, 1.807) is 7.11 Å². The van der Waals surface area contributed by atoms with Crippen LogP contribution < -0.4 is 10.1 Å². The Balaban J connectivity index is 2.26. The number of anilines is 1. The molecule has 0 bridgehead atoms. The summed E-state index contributed by atoms with van der Waals surface area (Å²) in [4.78, 5) is 9.05. The standard InChI is InChI=1S/C15H19N3O/c1-4-12-10-14(16-2)18-15(17-12)9-11-6-5-7-13(8-11)19-3/h5-8,10H,4,9H2,1-3H3,(H,16,17,18). The van der Waals surface area contributed by atoms with Crippen molar-refractivity contribution in [2.24, 2.45) is 0 Å². The van der Waals surface area contributed by atoms with Gasteiger partial charge < -0.3 is 10.1 Å². The number of ether oxygens (including phenoxy) is 1. The van der Waals surface area contributed by atoms with Gasteiger partial charge in [-0.3, -0.25) is 0 Å². The maximum atomic E-state index is 5.23. The van der Waals surface area contributed by atoms with Gasteiger partial charge in [0.2, 0.25) is 0 Å². The van der Waals surface area contributed by atoms with Crippen molar-refractivity contribution >= 4 is 5.82 Å². The number of hydrogen-bond acceptors (Lipinski definition) is 4. The SMILES string of the molecule is CCc1cc(NC)nc(Cc2cccc(OC)c2)n1. The van der Waals surface area contributed by atoms with E-state index in [1.807, 2.05) is 31.3 Å². The minimum atomic E-state index is 0.708. The lowest BCUT2D eigenvalue weighted by Crippen LogP contribution is -2.04. The number of rotatable bonds is 5. The lowest BCUT2D eigenvalue weighted by Gasteiger charge is -2.07. The van der Waals surface area contributed by atoms with E-state index < -0.39 is 0 Å².